The lowest BCUT2D eigenvalue weighted by Gasteiger charge is -2.10. The zero-order chi connectivity index (χ0) is 16.1. The monoisotopic (exact) mass is 327 g/mol. The summed E-state index contributed by atoms with van der Waals surface area (Å²) in [5, 5.41) is 9.84. The van der Waals surface area contributed by atoms with Gasteiger partial charge in [-0.3, -0.25) is 9.48 Å². The van der Waals surface area contributed by atoms with Gasteiger partial charge in [-0.2, -0.15) is 5.10 Å². The van der Waals surface area contributed by atoms with E-state index in [1.54, 1.807) is 22.3 Å². The highest BCUT2D eigenvalue weighted by Crippen LogP contribution is 2.21. The van der Waals surface area contributed by atoms with Crippen molar-refractivity contribution in [2.24, 2.45) is 5.92 Å². The van der Waals surface area contributed by atoms with Crippen LogP contribution in [-0.2, 0) is 17.9 Å². The molecule has 6 nitrogen and oxygen atoms in total. The second kappa shape index (κ2) is 7.15. The smallest absolute Gasteiger partial charge is 0.225 e. The molecule has 0 fully saturated rings. The third kappa shape index (κ3) is 4.01. The van der Waals surface area contributed by atoms with Crippen LogP contribution >= 0.6 is 11.3 Å². The van der Waals surface area contributed by atoms with Crippen LogP contribution in [0.5, 0.6) is 0 Å². The SMILES string of the molecule is CC(Cn1cncn1)C(=O)NCc1nc(-c2ccccc2)cs1. The maximum absolute atomic E-state index is 12.1. The molecule has 1 aromatic carbocycles. The van der Waals surface area contributed by atoms with E-state index in [2.05, 4.69) is 20.4 Å². The largest absolute Gasteiger partial charge is 0.349 e. The van der Waals surface area contributed by atoms with E-state index < -0.39 is 0 Å². The number of aromatic nitrogens is 4. The Balaban J connectivity index is 1.54. The molecule has 3 aromatic rings. The summed E-state index contributed by atoms with van der Waals surface area (Å²) in [6, 6.07) is 10.0. The number of nitrogens with zero attached hydrogens (tertiary/aromatic N) is 4. The van der Waals surface area contributed by atoms with Gasteiger partial charge in [-0.15, -0.1) is 11.3 Å². The molecule has 23 heavy (non-hydrogen) atoms. The van der Waals surface area contributed by atoms with Crippen molar-refractivity contribution in [2.75, 3.05) is 0 Å². The van der Waals surface area contributed by atoms with Crippen molar-refractivity contribution in [2.45, 2.75) is 20.0 Å². The summed E-state index contributed by atoms with van der Waals surface area (Å²) in [5.41, 5.74) is 2.02. The molecule has 0 aliphatic heterocycles. The third-order valence-electron chi connectivity index (χ3n) is 3.41. The van der Waals surface area contributed by atoms with Crippen molar-refractivity contribution in [3.05, 3.63) is 53.4 Å². The number of thiazole rings is 1. The quantitative estimate of drug-likeness (QED) is 0.754. The minimum Gasteiger partial charge on any atom is -0.349 e. The van der Waals surface area contributed by atoms with Gasteiger partial charge < -0.3 is 5.32 Å². The fraction of sp³-hybridized carbons (Fsp3) is 0.250. The van der Waals surface area contributed by atoms with E-state index in [0.29, 0.717) is 13.1 Å². The van der Waals surface area contributed by atoms with E-state index >= 15 is 0 Å². The van der Waals surface area contributed by atoms with Gasteiger partial charge in [0.15, 0.2) is 0 Å². The lowest BCUT2D eigenvalue weighted by molar-refractivity contribution is -0.125. The summed E-state index contributed by atoms with van der Waals surface area (Å²) in [4.78, 5) is 20.6. The zero-order valence-corrected chi connectivity index (χ0v) is 13.5. The first-order valence-corrected chi connectivity index (χ1v) is 8.20. The van der Waals surface area contributed by atoms with E-state index in [1.165, 1.54) is 6.33 Å². The number of rotatable bonds is 6. The van der Waals surface area contributed by atoms with Crippen molar-refractivity contribution in [1.82, 2.24) is 25.1 Å². The molecule has 0 bridgehead atoms. The Kier molecular flexibility index (Phi) is 4.77. The molecule has 1 N–H and O–H groups in total. The molecule has 0 aliphatic rings. The molecule has 1 atom stereocenters. The highest BCUT2D eigenvalue weighted by Gasteiger charge is 2.14. The number of amides is 1. The Hall–Kier alpha value is -2.54. The minimum absolute atomic E-state index is 0.0167. The number of nitrogens with one attached hydrogen (secondary N) is 1. The van der Waals surface area contributed by atoms with Crippen molar-refractivity contribution in [3.8, 4) is 11.3 Å². The van der Waals surface area contributed by atoms with Crippen molar-refractivity contribution >= 4 is 17.2 Å². The van der Waals surface area contributed by atoms with Crippen molar-refractivity contribution in [3.63, 3.8) is 0 Å². The predicted molar refractivity (Wildman–Crippen MR) is 88.6 cm³/mol. The Bertz CT molecular complexity index is 754. The number of hydrogen-bond acceptors (Lipinski definition) is 5. The molecule has 2 heterocycles. The molecule has 0 saturated carbocycles. The van der Waals surface area contributed by atoms with Crippen LogP contribution in [0.3, 0.4) is 0 Å². The third-order valence-corrected chi connectivity index (χ3v) is 4.26. The molecule has 2 aromatic heterocycles. The lowest BCUT2D eigenvalue weighted by Crippen LogP contribution is -2.31. The zero-order valence-electron chi connectivity index (χ0n) is 12.7. The summed E-state index contributed by atoms with van der Waals surface area (Å²) >= 11 is 1.55. The molecule has 7 heteroatoms. The molecule has 1 amide bonds. The van der Waals surface area contributed by atoms with Gasteiger partial charge in [0.25, 0.3) is 0 Å². The van der Waals surface area contributed by atoms with Gasteiger partial charge in [-0.1, -0.05) is 37.3 Å². The van der Waals surface area contributed by atoms with Crippen LogP contribution < -0.4 is 5.32 Å². The first-order valence-electron chi connectivity index (χ1n) is 7.32. The lowest BCUT2D eigenvalue weighted by atomic mass is 10.1. The average molecular weight is 327 g/mol. The molecule has 0 spiro atoms. The van der Waals surface area contributed by atoms with Crippen molar-refractivity contribution < 1.29 is 4.79 Å². The first kappa shape index (κ1) is 15.4. The van der Waals surface area contributed by atoms with E-state index in [4.69, 9.17) is 0 Å². The Morgan fingerprint density at radius 2 is 2.17 bits per heavy atom. The minimum atomic E-state index is -0.176. The van der Waals surface area contributed by atoms with Gasteiger partial charge in [0.2, 0.25) is 5.91 Å². The second-order valence-electron chi connectivity index (χ2n) is 5.23. The molecule has 0 radical (unpaired) electrons. The fourth-order valence-corrected chi connectivity index (χ4v) is 2.90. The summed E-state index contributed by atoms with van der Waals surface area (Å²) < 4.78 is 1.65. The van der Waals surface area contributed by atoms with E-state index in [1.807, 2.05) is 42.6 Å². The number of carbonyl (C=O) groups is 1. The summed E-state index contributed by atoms with van der Waals surface area (Å²) in [5.74, 6) is -0.192. The molecule has 0 aliphatic carbocycles. The predicted octanol–water partition coefficient (Wildman–Crippen LogP) is 2.35. The molecule has 1 unspecified atom stereocenters. The number of benzene rings is 1. The molecule has 118 valence electrons. The molecular weight excluding hydrogens is 310 g/mol. The molecule has 3 rings (SSSR count). The first-order chi connectivity index (χ1) is 11.2. The van der Waals surface area contributed by atoms with Gasteiger partial charge in [-0.25, -0.2) is 9.97 Å². The highest BCUT2D eigenvalue weighted by atomic mass is 32.1. The van der Waals surface area contributed by atoms with Crippen LogP contribution in [0, 0.1) is 5.92 Å². The Labute approximate surface area is 138 Å². The maximum Gasteiger partial charge on any atom is 0.225 e. The summed E-state index contributed by atoms with van der Waals surface area (Å²) in [7, 11) is 0. The Morgan fingerprint density at radius 1 is 1.35 bits per heavy atom. The topological polar surface area (TPSA) is 72.7 Å². The average Bonchev–Trinajstić information content (AvgIpc) is 3.25. The van der Waals surface area contributed by atoms with Crippen LogP contribution in [0.4, 0.5) is 0 Å². The van der Waals surface area contributed by atoms with Crippen LogP contribution in [0.1, 0.15) is 11.9 Å². The van der Waals surface area contributed by atoms with Crippen LogP contribution in [0.15, 0.2) is 48.4 Å². The van der Waals surface area contributed by atoms with E-state index in [0.717, 1.165) is 16.3 Å². The maximum atomic E-state index is 12.1. The second-order valence-corrected chi connectivity index (χ2v) is 6.17. The molecular formula is C16H17N5OS. The summed E-state index contributed by atoms with van der Waals surface area (Å²) in [6.45, 7) is 2.82. The van der Waals surface area contributed by atoms with Gasteiger partial charge in [0.1, 0.15) is 17.7 Å². The van der Waals surface area contributed by atoms with Crippen LogP contribution in [0.25, 0.3) is 11.3 Å². The summed E-state index contributed by atoms with van der Waals surface area (Å²) in [6.07, 6.45) is 3.07. The highest BCUT2D eigenvalue weighted by molar-refractivity contribution is 7.09. The van der Waals surface area contributed by atoms with Gasteiger partial charge in [0.05, 0.1) is 24.7 Å². The van der Waals surface area contributed by atoms with Crippen LogP contribution in [-0.4, -0.2) is 25.7 Å². The van der Waals surface area contributed by atoms with E-state index in [9.17, 15) is 4.79 Å². The number of hydrogen-bond donors (Lipinski definition) is 1. The number of carbonyl (C=O) groups excluding carboxylic acids is 1. The van der Waals surface area contributed by atoms with Gasteiger partial charge in [-0.05, 0) is 0 Å². The van der Waals surface area contributed by atoms with Crippen LogP contribution in [0.2, 0.25) is 0 Å². The standard InChI is InChI=1S/C16H17N5OS/c1-12(8-21-11-17-10-19-21)16(22)18-7-15-20-14(9-23-15)13-5-3-2-4-6-13/h2-6,9-12H,7-8H2,1H3,(H,18,22). The Morgan fingerprint density at radius 3 is 2.91 bits per heavy atom. The molecule has 0 saturated heterocycles. The normalized spacial score (nSPS) is 12.0. The fourth-order valence-electron chi connectivity index (χ4n) is 2.16. The van der Waals surface area contributed by atoms with E-state index in [-0.39, 0.29) is 11.8 Å². The van der Waals surface area contributed by atoms with Gasteiger partial charge in [0, 0.05) is 10.9 Å². The van der Waals surface area contributed by atoms with Crippen molar-refractivity contribution in [1.29, 1.82) is 0 Å². The van der Waals surface area contributed by atoms with Gasteiger partial charge >= 0.3 is 0 Å².